The fourth-order valence-electron chi connectivity index (χ4n) is 2.18. The standard InChI is InChI=1S/C15H17N5S/c1-11(15-17-7-8-21-15)9-16-10-13-14(19-20-18-13)12-5-3-2-4-6-12/h2-8,11,16H,9-10H2,1H3,(H,18,19,20). The summed E-state index contributed by atoms with van der Waals surface area (Å²) in [7, 11) is 0. The SMILES string of the molecule is CC(CNCc1n[nH]nc1-c1ccccc1)c1nccs1. The molecule has 1 atom stereocenters. The topological polar surface area (TPSA) is 66.5 Å². The van der Waals surface area contributed by atoms with Gasteiger partial charge in [0.05, 0.1) is 5.01 Å². The van der Waals surface area contributed by atoms with Crippen LogP contribution in [0.15, 0.2) is 41.9 Å². The molecule has 0 fully saturated rings. The predicted octanol–water partition coefficient (Wildman–Crippen LogP) is 2.82. The van der Waals surface area contributed by atoms with Gasteiger partial charge < -0.3 is 5.32 Å². The highest BCUT2D eigenvalue weighted by Crippen LogP contribution is 2.19. The summed E-state index contributed by atoms with van der Waals surface area (Å²) in [5.74, 6) is 0.400. The van der Waals surface area contributed by atoms with E-state index < -0.39 is 0 Å². The molecule has 0 aliphatic carbocycles. The smallest absolute Gasteiger partial charge is 0.117 e. The molecule has 3 rings (SSSR count). The number of rotatable bonds is 6. The molecule has 1 unspecified atom stereocenters. The maximum absolute atomic E-state index is 4.34. The number of hydrogen-bond donors (Lipinski definition) is 2. The van der Waals surface area contributed by atoms with Gasteiger partial charge in [-0.05, 0) is 0 Å². The van der Waals surface area contributed by atoms with Crippen LogP contribution in [-0.2, 0) is 6.54 Å². The van der Waals surface area contributed by atoms with Gasteiger partial charge in [-0.25, -0.2) is 4.98 Å². The molecule has 0 spiro atoms. The highest BCUT2D eigenvalue weighted by molar-refractivity contribution is 7.09. The van der Waals surface area contributed by atoms with Crippen LogP contribution in [0.25, 0.3) is 11.3 Å². The van der Waals surface area contributed by atoms with Crippen molar-refractivity contribution in [2.75, 3.05) is 6.54 Å². The summed E-state index contributed by atoms with van der Waals surface area (Å²) in [5, 5.41) is 17.8. The first kappa shape index (κ1) is 13.9. The van der Waals surface area contributed by atoms with E-state index in [1.165, 1.54) is 0 Å². The van der Waals surface area contributed by atoms with Crippen molar-refractivity contribution in [1.82, 2.24) is 25.7 Å². The molecule has 1 aromatic carbocycles. The number of nitrogens with zero attached hydrogens (tertiary/aromatic N) is 3. The van der Waals surface area contributed by atoms with E-state index in [1.54, 1.807) is 11.3 Å². The van der Waals surface area contributed by atoms with E-state index in [4.69, 9.17) is 0 Å². The van der Waals surface area contributed by atoms with Crippen LogP contribution in [0.1, 0.15) is 23.5 Å². The number of benzene rings is 1. The fourth-order valence-corrected chi connectivity index (χ4v) is 2.87. The number of nitrogens with one attached hydrogen (secondary N) is 2. The van der Waals surface area contributed by atoms with Gasteiger partial charge in [0.2, 0.25) is 0 Å². The molecule has 2 heterocycles. The minimum absolute atomic E-state index is 0.400. The second-order valence-corrected chi connectivity index (χ2v) is 5.81. The molecule has 0 saturated carbocycles. The summed E-state index contributed by atoms with van der Waals surface area (Å²) >= 11 is 1.69. The van der Waals surface area contributed by atoms with Crippen molar-refractivity contribution in [2.45, 2.75) is 19.4 Å². The largest absolute Gasteiger partial charge is 0.310 e. The lowest BCUT2D eigenvalue weighted by Gasteiger charge is -2.09. The minimum Gasteiger partial charge on any atom is -0.310 e. The molecular weight excluding hydrogens is 282 g/mol. The summed E-state index contributed by atoms with van der Waals surface area (Å²) in [6.45, 7) is 3.73. The molecule has 0 aliphatic heterocycles. The van der Waals surface area contributed by atoms with E-state index in [9.17, 15) is 0 Å². The zero-order valence-electron chi connectivity index (χ0n) is 11.8. The summed E-state index contributed by atoms with van der Waals surface area (Å²) < 4.78 is 0. The van der Waals surface area contributed by atoms with Gasteiger partial charge in [0.1, 0.15) is 11.4 Å². The van der Waals surface area contributed by atoms with Crippen molar-refractivity contribution < 1.29 is 0 Å². The third-order valence-electron chi connectivity index (χ3n) is 3.28. The van der Waals surface area contributed by atoms with E-state index in [0.717, 1.165) is 28.5 Å². The van der Waals surface area contributed by atoms with E-state index in [2.05, 4.69) is 32.6 Å². The van der Waals surface area contributed by atoms with Crippen molar-refractivity contribution in [3.63, 3.8) is 0 Å². The number of aromatic amines is 1. The van der Waals surface area contributed by atoms with E-state index in [1.807, 2.05) is 41.9 Å². The molecule has 0 bridgehead atoms. The minimum atomic E-state index is 0.400. The zero-order valence-corrected chi connectivity index (χ0v) is 12.6. The van der Waals surface area contributed by atoms with Crippen molar-refractivity contribution in [2.24, 2.45) is 0 Å². The van der Waals surface area contributed by atoms with E-state index in [0.29, 0.717) is 12.5 Å². The zero-order chi connectivity index (χ0) is 14.5. The number of aromatic nitrogens is 4. The number of H-pyrrole nitrogens is 1. The molecule has 0 amide bonds. The van der Waals surface area contributed by atoms with Gasteiger partial charge >= 0.3 is 0 Å². The Kier molecular flexibility index (Phi) is 4.37. The Morgan fingerprint density at radius 1 is 1.24 bits per heavy atom. The van der Waals surface area contributed by atoms with Crippen LogP contribution < -0.4 is 5.32 Å². The van der Waals surface area contributed by atoms with Crippen molar-refractivity contribution in [1.29, 1.82) is 0 Å². The maximum Gasteiger partial charge on any atom is 0.117 e. The van der Waals surface area contributed by atoms with Gasteiger partial charge in [0.15, 0.2) is 0 Å². The molecule has 0 radical (unpaired) electrons. The quantitative estimate of drug-likeness (QED) is 0.734. The average molecular weight is 299 g/mol. The van der Waals surface area contributed by atoms with Crippen LogP contribution in [0.3, 0.4) is 0 Å². The predicted molar refractivity (Wildman–Crippen MR) is 84.1 cm³/mol. The van der Waals surface area contributed by atoms with Gasteiger partial charge in [0.25, 0.3) is 0 Å². The van der Waals surface area contributed by atoms with Gasteiger partial charge in [0, 0.05) is 36.1 Å². The third-order valence-corrected chi connectivity index (χ3v) is 4.29. The highest BCUT2D eigenvalue weighted by atomic mass is 32.1. The third kappa shape index (κ3) is 3.34. The summed E-state index contributed by atoms with van der Waals surface area (Å²) in [4.78, 5) is 4.34. The maximum atomic E-state index is 4.34. The Morgan fingerprint density at radius 2 is 2.10 bits per heavy atom. The van der Waals surface area contributed by atoms with E-state index >= 15 is 0 Å². The van der Waals surface area contributed by atoms with E-state index in [-0.39, 0.29) is 0 Å². The first-order valence-electron chi connectivity index (χ1n) is 6.90. The monoisotopic (exact) mass is 299 g/mol. The first-order valence-corrected chi connectivity index (χ1v) is 7.77. The van der Waals surface area contributed by atoms with Crippen LogP contribution in [0.4, 0.5) is 0 Å². The first-order chi connectivity index (χ1) is 10.3. The molecule has 3 aromatic rings. The van der Waals surface area contributed by atoms with Crippen molar-refractivity contribution >= 4 is 11.3 Å². The van der Waals surface area contributed by atoms with Gasteiger partial charge in [-0.15, -0.1) is 11.3 Å². The molecule has 2 aromatic heterocycles. The Hall–Kier alpha value is -2.05. The number of hydrogen-bond acceptors (Lipinski definition) is 5. The van der Waals surface area contributed by atoms with Crippen molar-refractivity contribution in [3.05, 3.63) is 52.6 Å². The highest BCUT2D eigenvalue weighted by Gasteiger charge is 2.11. The Morgan fingerprint density at radius 3 is 2.86 bits per heavy atom. The molecular formula is C15H17N5S. The molecule has 6 heteroatoms. The molecule has 21 heavy (non-hydrogen) atoms. The summed E-state index contributed by atoms with van der Waals surface area (Å²) in [6.07, 6.45) is 1.85. The lowest BCUT2D eigenvalue weighted by atomic mass is 10.1. The second kappa shape index (κ2) is 6.60. The van der Waals surface area contributed by atoms with Gasteiger partial charge in [-0.3, -0.25) is 0 Å². The van der Waals surface area contributed by atoms with Crippen LogP contribution in [0.5, 0.6) is 0 Å². The number of thiazole rings is 1. The Labute approximate surface area is 127 Å². The van der Waals surface area contributed by atoms with Crippen LogP contribution >= 0.6 is 11.3 Å². The molecule has 0 saturated heterocycles. The fraction of sp³-hybridized carbons (Fsp3) is 0.267. The normalized spacial score (nSPS) is 12.4. The lowest BCUT2D eigenvalue weighted by Crippen LogP contribution is -2.20. The summed E-state index contributed by atoms with van der Waals surface area (Å²) in [5.41, 5.74) is 2.92. The molecule has 5 nitrogen and oxygen atoms in total. The van der Waals surface area contributed by atoms with Gasteiger partial charge in [-0.2, -0.15) is 15.4 Å². The Balaban J connectivity index is 1.61. The second-order valence-electron chi connectivity index (χ2n) is 4.89. The lowest BCUT2D eigenvalue weighted by molar-refractivity contribution is 0.606. The molecule has 2 N–H and O–H groups in total. The van der Waals surface area contributed by atoms with Gasteiger partial charge in [-0.1, -0.05) is 37.3 Å². The average Bonchev–Trinajstić information content (AvgIpc) is 3.20. The van der Waals surface area contributed by atoms with Crippen LogP contribution in [0, 0.1) is 0 Å². The summed E-state index contributed by atoms with van der Waals surface area (Å²) in [6, 6.07) is 10.1. The molecule has 0 aliphatic rings. The molecule has 108 valence electrons. The van der Waals surface area contributed by atoms with Crippen LogP contribution in [-0.4, -0.2) is 26.9 Å². The Bertz CT molecular complexity index is 662. The van der Waals surface area contributed by atoms with Crippen molar-refractivity contribution in [3.8, 4) is 11.3 Å². The van der Waals surface area contributed by atoms with Crippen LogP contribution in [0.2, 0.25) is 0 Å².